The molecule has 1 aromatic heterocycles. The number of aliphatic hydroxyl groups excluding tert-OH is 4. The average Bonchev–Trinajstić information content (AvgIpc) is 2.82. The van der Waals surface area contributed by atoms with Gasteiger partial charge in [-0.2, -0.15) is 0 Å². The van der Waals surface area contributed by atoms with Crippen molar-refractivity contribution in [3.63, 3.8) is 0 Å². The van der Waals surface area contributed by atoms with Crippen LogP contribution in [0.5, 0.6) is 17.2 Å². The molecule has 0 radical (unpaired) electrons. The number of carbonyl (C=O) groups is 1. The van der Waals surface area contributed by atoms with E-state index in [1.807, 2.05) is 0 Å². The van der Waals surface area contributed by atoms with Crippen LogP contribution in [0.2, 0.25) is 0 Å². The third-order valence-electron chi connectivity index (χ3n) is 5.12. The highest BCUT2D eigenvalue weighted by Gasteiger charge is 2.44. The van der Waals surface area contributed by atoms with Gasteiger partial charge in [0.05, 0.1) is 17.6 Å². The van der Waals surface area contributed by atoms with Crippen molar-refractivity contribution in [1.29, 1.82) is 0 Å². The Labute approximate surface area is 185 Å². The van der Waals surface area contributed by atoms with Crippen LogP contribution in [0, 0.1) is 0 Å². The minimum atomic E-state index is -1.64. The van der Waals surface area contributed by atoms with Gasteiger partial charge in [0.15, 0.2) is 5.75 Å². The summed E-state index contributed by atoms with van der Waals surface area (Å²) in [7, 11) is 0. The van der Waals surface area contributed by atoms with Crippen molar-refractivity contribution in [2.24, 2.45) is 0 Å². The summed E-state index contributed by atoms with van der Waals surface area (Å²) in [4.78, 5) is 24.6. The van der Waals surface area contributed by atoms with Crippen LogP contribution < -0.4 is 15.1 Å². The predicted octanol–water partition coefficient (Wildman–Crippen LogP) is -0.104. The summed E-state index contributed by atoms with van der Waals surface area (Å²) in [5, 5.41) is 49.6. The van der Waals surface area contributed by atoms with Gasteiger partial charge in [0.1, 0.15) is 35.7 Å². The van der Waals surface area contributed by atoms with E-state index in [1.165, 1.54) is 30.3 Å². The number of esters is 1. The molecule has 11 nitrogen and oxygen atoms in total. The topological polar surface area (TPSA) is 176 Å². The fourth-order valence-electron chi connectivity index (χ4n) is 3.34. The standard InChI is InChI=1S/C22H20O11/c23-9-14-16(25)17(26)18(27)22(32-14)30-11-6-7-12-13(8-11)31-21(29)19(15(12)24)33-20(28)10-4-2-1-3-5-10/h1-8,14,16-18,22-27H,9H2/t14-,16-,17+,18+,22+/m1/s1. The molecule has 5 atom stereocenters. The van der Waals surface area contributed by atoms with Crippen molar-refractivity contribution >= 4 is 16.9 Å². The molecule has 3 aromatic rings. The third kappa shape index (κ3) is 4.40. The van der Waals surface area contributed by atoms with E-state index in [0.29, 0.717) is 0 Å². The van der Waals surface area contributed by atoms with Crippen molar-refractivity contribution < 1.29 is 49.0 Å². The summed E-state index contributed by atoms with van der Waals surface area (Å²) in [6.45, 7) is -0.629. The molecule has 5 N–H and O–H groups in total. The average molecular weight is 460 g/mol. The van der Waals surface area contributed by atoms with Gasteiger partial charge in [-0.15, -0.1) is 0 Å². The number of hydrogen-bond acceptors (Lipinski definition) is 11. The summed E-state index contributed by atoms with van der Waals surface area (Å²) in [5.74, 6) is -2.15. The molecule has 174 valence electrons. The third-order valence-corrected chi connectivity index (χ3v) is 5.12. The molecule has 1 aliphatic rings. The first kappa shape index (κ1) is 22.7. The molecule has 1 saturated heterocycles. The molecule has 0 unspecified atom stereocenters. The second kappa shape index (κ2) is 9.17. The number of benzene rings is 2. The smallest absolute Gasteiger partial charge is 0.383 e. The molecule has 0 saturated carbocycles. The molecule has 0 aliphatic carbocycles. The molecule has 0 amide bonds. The lowest BCUT2D eigenvalue weighted by Crippen LogP contribution is -2.60. The van der Waals surface area contributed by atoms with E-state index in [-0.39, 0.29) is 22.3 Å². The highest BCUT2D eigenvalue weighted by molar-refractivity contribution is 5.93. The van der Waals surface area contributed by atoms with E-state index in [1.54, 1.807) is 18.2 Å². The van der Waals surface area contributed by atoms with Gasteiger partial charge in [-0.1, -0.05) is 18.2 Å². The summed E-state index contributed by atoms with van der Waals surface area (Å²) in [6.07, 6.45) is -7.44. The molecule has 4 rings (SSSR count). The Morgan fingerprint density at radius 2 is 1.73 bits per heavy atom. The number of fused-ring (bicyclic) bond motifs is 1. The first-order chi connectivity index (χ1) is 15.8. The highest BCUT2D eigenvalue weighted by Crippen LogP contribution is 2.34. The zero-order valence-electron chi connectivity index (χ0n) is 16.9. The molecule has 1 aliphatic heterocycles. The molecular weight excluding hydrogens is 440 g/mol. The number of carbonyl (C=O) groups excluding carboxylic acids is 1. The molecular formula is C22H20O11. The highest BCUT2D eigenvalue weighted by atomic mass is 16.7. The Morgan fingerprint density at radius 3 is 2.42 bits per heavy atom. The first-order valence-corrected chi connectivity index (χ1v) is 9.84. The van der Waals surface area contributed by atoms with Gasteiger partial charge in [-0.05, 0) is 24.3 Å². The fraction of sp³-hybridized carbons (Fsp3) is 0.273. The maximum atomic E-state index is 12.3. The fourth-order valence-corrected chi connectivity index (χ4v) is 3.34. The predicted molar refractivity (Wildman–Crippen MR) is 110 cm³/mol. The summed E-state index contributed by atoms with van der Waals surface area (Å²) in [5.41, 5.74) is -1.08. The Kier molecular flexibility index (Phi) is 6.31. The van der Waals surface area contributed by atoms with Crippen LogP contribution in [-0.4, -0.2) is 68.8 Å². The summed E-state index contributed by atoms with van der Waals surface area (Å²) in [6, 6.07) is 11.7. The molecule has 33 heavy (non-hydrogen) atoms. The SMILES string of the molecule is O=C(Oc1c(O)c2ccc(O[C@H]3O[C@H](CO)[C@@H](O)[C@H](O)[C@@H]3O)cc2oc1=O)c1ccccc1. The van der Waals surface area contributed by atoms with Crippen LogP contribution in [0.1, 0.15) is 10.4 Å². The Bertz CT molecular complexity index is 1200. The monoisotopic (exact) mass is 460 g/mol. The number of aliphatic hydroxyl groups is 4. The van der Waals surface area contributed by atoms with Crippen LogP contribution in [-0.2, 0) is 4.74 Å². The van der Waals surface area contributed by atoms with Gasteiger partial charge in [-0.25, -0.2) is 9.59 Å². The summed E-state index contributed by atoms with van der Waals surface area (Å²) >= 11 is 0. The number of aromatic hydroxyl groups is 1. The Hall–Kier alpha value is -3.48. The van der Waals surface area contributed by atoms with E-state index in [4.69, 9.17) is 18.6 Å². The second-order valence-corrected chi connectivity index (χ2v) is 7.30. The maximum Gasteiger partial charge on any atom is 0.383 e. The lowest BCUT2D eigenvalue weighted by molar-refractivity contribution is -0.277. The van der Waals surface area contributed by atoms with Crippen LogP contribution in [0.3, 0.4) is 0 Å². The van der Waals surface area contributed by atoms with Gasteiger partial charge in [-0.3, -0.25) is 0 Å². The van der Waals surface area contributed by atoms with Crippen molar-refractivity contribution in [3.8, 4) is 17.2 Å². The molecule has 2 heterocycles. The number of rotatable bonds is 5. The van der Waals surface area contributed by atoms with Crippen molar-refractivity contribution in [2.45, 2.75) is 30.7 Å². The minimum Gasteiger partial charge on any atom is -0.504 e. The first-order valence-electron chi connectivity index (χ1n) is 9.84. The van der Waals surface area contributed by atoms with Crippen LogP contribution >= 0.6 is 0 Å². The van der Waals surface area contributed by atoms with Crippen LogP contribution in [0.25, 0.3) is 11.0 Å². The van der Waals surface area contributed by atoms with Gasteiger partial charge in [0.25, 0.3) is 5.75 Å². The molecule has 0 bridgehead atoms. The lowest BCUT2D eigenvalue weighted by atomic mass is 9.99. The van der Waals surface area contributed by atoms with E-state index < -0.39 is 60.4 Å². The molecule has 0 spiro atoms. The van der Waals surface area contributed by atoms with Crippen molar-refractivity contribution in [2.75, 3.05) is 6.61 Å². The van der Waals surface area contributed by atoms with Gasteiger partial charge < -0.3 is 44.2 Å². The van der Waals surface area contributed by atoms with Crippen LogP contribution in [0.4, 0.5) is 0 Å². The van der Waals surface area contributed by atoms with E-state index in [0.717, 1.165) is 0 Å². The van der Waals surface area contributed by atoms with Crippen molar-refractivity contribution in [1.82, 2.24) is 0 Å². The number of hydrogen-bond donors (Lipinski definition) is 5. The van der Waals surface area contributed by atoms with E-state index in [9.17, 15) is 35.1 Å². The van der Waals surface area contributed by atoms with E-state index >= 15 is 0 Å². The normalized spacial score (nSPS) is 25.0. The van der Waals surface area contributed by atoms with Gasteiger partial charge in [0, 0.05) is 6.07 Å². The van der Waals surface area contributed by atoms with E-state index in [2.05, 4.69) is 0 Å². The van der Waals surface area contributed by atoms with Crippen molar-refractivity contribution in [3.05, 3.63) is 64.5 Å². The largest absolute Gasteiger partial charge is 0.504 e. The molecule has 2 aromatic carbocycles. The summed E-state index contributed by atoms with van der Waals surface area (Å²) < 4.78 is 20.9. The quantitative estimate of drug-likeness (QED) is 0.254. The Morgan fingerprint density at radius 1 is 1.00 bits per heavy atom. The minimum absolute atomic E-state index is 0.0170. The number of ether oxygens (including phenoxy) is 3. The van der Waals surface area contributed by atoms with Crippen LogP contribution in [0.15, 0.2) is 57.7 Å². The second-order valence-electron chi connectivity index (χ2n) is 7.30. The zero-order valence-corrected chi connectivity index (χ0v) is 16.9. The molecule has 1 fully saturated rings. The Balaban J connectivity index is 1.59. The zero-order chi connectivity index (χ0) is 23.7. The van der Waals surface area contributed by atoms with Gasteiger partial charge >= 0.3 is 11.6 Å². The lowest BCUT2D eigenvalue weighted by Gasteiger charge is -2.39. The molecule has 11 heteroatoms. The maximum absolute atomic E-state index is 12.3. The van der Waals surface area contributed by atoms with Gasteiger partial charge in [0.2, 0.25) is 6.29 Å².